The van der Waals surface area contributed by atoms with E-state index >= 15 is 0 Å². The fraction of sp³-hybridized carbons (Fsp3) is 0.722. The number of rotatable bonds is 4. The van der Waals surface area contributed by atoms with E-state index in [1.54, 1.807) is 11.9 Å². The lowest BCUT2D eigenvalue weighted by molar-refractivity contribution is -0.135. The minimum Gasteiger partial charge on any atom is -0.361 e. The molecule has 6 nitrogen and oxygen atoms in total. The molecular formula is C18H27N3O3. The second-order valence-corrected chi connectivity index (χ2v) is 7.24. The number of aryl methyl sites for hydroxylation is 2. The zero-order chi connectivity index (χ0) is 17.3. The fourth-order valence-electron chi connectivity index (χ4n) is 4.00. The van der Waals surface area contributed by atoms with Gasteiger partial charge in [0.15, 0.2) is 0 Å². The molecule has 3 rings (SSSR count). The molecule has 1 saturated heterocycles. The van der Waals surface area contributed by atoms with Gasteiger partial charge in [0, 0.05) is 31.6 Å². The van der Waals surface area contributed by atoms with E-state index in [-0.39, 0.29) is 17.7 Å². The van der Waals surface area contributed by atoms with Crippen molar-refractivity contribution in [3.8, 4) is 0 Å². The van der Waals surface area contributed by atoms with Gasteiger partial charge in [0.25, 0.3) is 0 Å². The van der Waals surface area contributed by atoms with Crippen LogP contribution in [0.2, 0.25) is 0 Å². The maximum Gasteiger partial charge on any atom is 0.228 e. The number of aromatic nitrogens is 1. The van der Waals surface area contributed by atoms with Crippen LogP contribution in [0.15, 0.2) is 4.52 Å². The molecule has 2 amide bonds. The molecule has 0 N–H and O–H groups in total. The number of carbonyl (C=O) groups is 2. The highest BCUT2D eigenvalue weighted by atomic mass is 16.5. The summed E-state index contributed by atoms with van der Waals surface area (Å²) < 4.78 is 5.16. The Morgan fingerprint density at radius 3 is 2.62 bits per heavy atom. The van der Waals surface area contributed by atoms with E-state index in [2.05, 4.69) is 5.16 Å². The van der Waals surface area contributed by atoms with Gasteiger partial charge in [-0.2, -0.15) is 0 Å². The lowest BCUT2D eigenvalue weighted by atomic mass is 9.94. The molecule has 0 aromatic carbocycles. The molecule has 0 radical (unpaired) electrons. The van der Waals surface area contributed by atoms with Crippen LogP contribution in [0.25, 0.3) is 0 Å². The molecule has 1 aromatic heterocycles. The van der Waals surface area contributed by atoms with E-state index in [4.69, 9.17) is 4.52 Å². The zero-order valence-corrected chi connectivity index (χ0v) is 14.9. The van der Waals surface area contributed by atoms with Crippen molar-refractivity contribution in [3.63, 3.8) is 0 Å². The number of likely N-dealkylation sites (tertiary alicyclic amines) is 1. The molecule has 0 unspecified atom stereocenters. The number of carbonyl (C=O) groups excluding carboxylic acids is 2. The molecule has 1 saturated carbocycles. The number of nitrogens with zero attached hydrogens (tertiary/aromatic N) is 3. The molecule has 0 bridgehead atoms. The Labute approximate surface area is 143 Å². The molecule has 1 aliphatic heterocycles. The van der Waals surface area contributed by atoms with Gasteiger partial charge in [0.05, 0.1) is 18.2 Å². The van der Waals surface area contributed by atoms with Crippen LogP contribution in [0.4, 0.5) is 0 Å². The molecule has 24 heavy (non-hydrogen) atoms. The largest absolute Gasteiger partial charge is 0.361 e. The Morgan fingerprint density at radius 1 is 1.29 bits per heavy atom. The SMILES string of the molecule is Cc1noc(C)c1CN(C)C(=O)[C@H]1CC(=O)N(C2CCCCC2)C1. The Hall–Kier alpha value is -1.85. The monoisotopic (exact) mass is 333 g/mol. The summed E-state index contributed by atoms with van der Waals surface area (Å²) >= 11 is 0. The van der Waals surface area contributed by atoms with Gasteiger partial charge >= 0.3 is 0 Å². The quantitative estimate of drug-likeness (QED) is 0.849. The summed E-state index contributed by atoms with van der Waals surface area (Å²) in [6, 6.07) is 0.344. The van der Waals surface area contributed by atoms with Gasteiger partial charge in [-0.25, -0.2) is 0 Å². The summed E-state index contributed by atoms with van der Waals surface area (Å²) in [7, 11) is 1.79. The summed E-state index contributed by atoms with van der Waals surface area (Å²) in [5.74, 6) is 0.719. The molecule has 1 aliphatic carbocycles. The van der Waals surface area contributed by atoms with Crippen molar-refractivity contribution in [2.24, 2.45) is 5.92 Å². The van der Waals surface area contributed by atoms with Gasteiger partial charge in [-0.3, -0.25) is 9.59 Å². The van der Waals surface area contributed by atoms with Gasteiger partial charge in [-0.05, 0) is 26.7 Å². The van der Waals surface area contributed by atoms with Crippen LogP contribution in [0, 0.1) is 19.8 Å². The molecule has 1 aromatic rings. The minimum absolute atomic E-state index is 0.0432. The summed E-state index contributed by atoms with van der Waals surface area (Å²) in [6.07, 6.45) is 6.17. The molecule has 132 valence electrons. The summed E-state index contributed by atoms with van der Waals surface area (Å²) in [4.78, 5) is 28.8. The lowest BCUT2D eigenvalue weighted by Crippen LogP contribution is -2.39. The lowest BCUT2D eigenvalue weighted by Gasteiger charge is -2.31. The zero-order valence-electron chi connectivity index (χ0n) is 14.9. The van der Waals surface area contributed by atoms with E-state index in [0.717, 1.165) is 29.9 Å². The van der Waals surface area contributed by atoms with Crippen molar-refractivity contribution >= 4 is 11.8 Å². The molecule has 2 aliphatic rings. The average Bonchev–Trinajstić information content (AvgIpc) is 3.12. The second kappa shape index (κ2) is 6.95. The van der Waals surface area contributed by atoms with Gasteiger partial charge in [-0.15, -0.1) is 0 Å². The normalized spacial score (nSPS) is 22.2. The Bertz CT molecular complexity index is 600. The van der Waals surface area contributed by atoms with Crippen LogP contribution in [0.1, 0.15) is 55.5 Å². The van der Waals surface area contributed by atoms with E-state index < -0.39 is 0 Å². The Balaban J connectivity index is 1.62. The Morgan fingerprint density at radius 2 is 2.00 bits per heavy atom. The van der Waals surface area contributed by atoms with Crippen LogP contribution >= 0.6 is 0 Å². The first-order valence-electron chi connectivity index (χ1n) is 8.93. The van der Waals surface area contributed by atoms with Crippen LogP contribution in [0.5, 0.6) is 0 Å². The average molecular weight is 333 g/mol. The molecular weight excluding hydrogens is 306 g/mol. The fourth-order valence-corrected chi connectivity index (χ4v) is 4.00. The van der Waals surface area contributed by atoms with E-state index in [1.807, 2.05) is 18.7 Å². The van der Waals surface area contributed by atoms with Crippen LogP contribution < -0.4 is 0 Å². The van der Waals surface area contributed by atoms with Crippen molar-refractivity contribution in [2.75, 3.05) is 13.6 Å². The van der Waals surface area contributed by atoms with Crippen molar-refractivity contribution in [1.29, 1.82) is 0 Å². The van der Waals surface area contributed by atoms with E-state index in [0.29, 0.717) is 25.6 Å². The van der Waals surface area contributed by atoms with E-state index in [1.165, 1.54) is 19.3 Å². The third-order valence-electron chi connectivity index (χ3n) is 5.48. The first-order chi connectivity index (χ1) is 11.5. The third-order valence-corrected chi connectivity index (χ3v) is 5.48. The minimum atomic E-state index is -0.218. The summed E-state index contributed by atoms with van der Waals surface area (Å²) in [5.41, 5.74) is 1.78. The van der Waals surface area contributed by atoms with Gasteiger partial charge in [-0.1, -0.05) is 24.4 Å². The van der Waals surface area contributed by atoms with Crippen molar-refractivity contribution in [3.05, 3.63) is 17.0 Å². The second-order valence-electron chi connectivity index (χ2n) is 7.24. The summed E-state index contributed by atoms with van der Waals surface area (Å²) in [5, 5.41) is 3.94. The predicted octanol–water partition coefficient (Wildman–Crippen LogP) is 2.43. The van der Waals surface area contributed by atoms with Crippen LogP contribution in [-0.2, 0) is 16.1 Å². The molecule has 6 heteroatoms. The molecule has 0 spiro atoms. The van der Waals surface area contributed by atoms with Crippen LogP contribution in [0.3, 0.4) is 0 Å². The van der Waals surface area contributed by atoms with Gasteiger partial charge in [0.1, 0.15) is 5.76 Å². The predicted molar refractivity (Wildman–Crippen MR) is 89.1 cm³/mol. The molecule has 1 atom stereocenters. The van der Waals surface area contributed by atoms with Crippen molar-refractivity contribution in [2.45, 2.75) is 65.0 Å². The smallest absolute Gasteiger partial charge is 0.228 e. The maximum atomic E-state index is 12.8. The van der Waals surface area contributed by atoms with Crippen molar-refractivity contribution in [1.82, 2.24) is 15.0 Å². The highest BCUT2D eigenvalue weighted by Crippen LogP contribution is 2.29. The summed E-state index contributed by atoms with van der Waals surface area (Å²) in [6.45, 7) is 4.80. The highest BCUT2D eigenvalue weighted by Gasteiger charge is 2.39. The standard InChI is InChI=1S/C18H27N3O3/c1-12-16(13(2)24-19-12)11-20(3)18(23)14-9-17(22)21(10-14)15-7-5-4-6-8-15/h14-15H,4-11H2,1-3H3/t14-/m0/s1. The van der Waals surface area contributed by atoms with Crippen LogP contribution in [-0.4, -0.2) is 46.4 Å². The molecule has 2 fully saturated rings. The molecule has 2 heterocycles. The maximum absolute atomic E-state index is 12.8. The van der Waals surface area contributed by atoms with Crippen molar-refractivity contribution < 1.29 is 14.1 Å². The number of amides is 2. The Kier molecular flexibility index (Phi) is 4.92. The van der Waals surface area contributed by atoms with Gasteiger partial charge < -0.3 is 14.3 Å². The number of hydrogen-bond acceptors (Lipinski definition) is 4. The van der Waals surface area contributed by atoms with E-state index in [9.17, 15) is 9.59 Å². The highest BCUT2D eigenvalue weighted by molar-refractivity contribution is 5.89. The first kappa shape index (κ1) is 17.0. The number of hydrogen-bond donors (Lipinski definition) is 0. The van der Waals surface area contributed by atoms with Gasteiger partial charge in [0.2, 0.25) is 11.8 Å². The topological polar surface area (TPSA) is 66.7 Å². The first-order valence-corrected chi connectivity index (χ1v) is 8.93. The third kappa shape index (κ3) is 3.32.